The van der Waals surface area contributed by atoms with Gasteiger partial charge in [-0.05, 0) is 42.7 Å². The van der Waals surface area contributed by atoms with Crippen molar-refractivity contribution in [3.63, 3.8) is 0 Å². The molecule has 0 radical (unpaired) electrons. The van der Waals surface area contributed by atoms with Crippen LogP contribution in [0.25, 0.3) is 0 Å². The Morgan fingerprint density at radius 1 is 1.00 bits per heavy atom. The van der Waals surface area contributed by atoms with Crippen LogP contribution in [0.4, 0.5) is 0 Å². The van der Waals surface area contributed by atoms with Crippen molar-refractivity contribution in [3.05, 3.63) is 29.8 Å². The van der Waals surface area contributed by atoms with Gasteiger partial charge in [-0.1, -0.05) is 31.0 Å². The molecule has 1 heterocycles. The summed E-state index contributed by atoms with van der Waals surface area (Å²) in [7, 11) is 0. The third-order valence-corrected chi connectivity index (χ3v) is 5.28. The van der Waals surface area contributed by atoms with Crippen molar-refractivity contribution in [2.24, 2.45) is 11.8 Å². The summed E-state index contributed by atoms with van der Waals surface area (Å²) >= 11 is 2.10. The number of hydrogen-bond acceptors (Lipinski definition) is 1. The van der Waals surface area contributed by atoms with E-state index in [-0.39, 0.29) is 0 Å². The van der Waals surface area contributed by atoms with Gasteiger partial charge < -0.3 is 0 Å². The molecule has 1 heteroatoms. The van der Waals surface area contributed by atoms with Crippen LogP contribution in [-0.4, -0.2) is 5.75 Å². The first kappa shape index (κ1) is 9.77. The molecule has 1 fully saturated rings. The summed E-state index contributed by atoms with van der Waals surface area (Å²) in [6, 6.07) is 9.01. The van der Waals surface area contributed by atoms with Crippen LogP contribution in [-0.2, 0) is 6.42 Å². The van der Waals surface area contributed by atoms with Gasteiger partial charge in [0, 0.05) is 10.6 Å². The zero-order valence-corrected chi connectivity index (χ0v) is 9.93. The zero-order valence-electron chi connectivity index (χ0n) is 9.11. The highest BCUT2D eigenvalue weighted by Crippen LogP contribution is 2.41. The Kier molecular flexibility index (Phi) is 2.74. The SMILES string of the molecule is c1ccc2c(c1)C[C@@H]1CCCC[C@@H]1CS2. The molecular formula is C14H18S. The van der Waals surface area contributed by atoms with Gasteiger partial charge in [0.05, 0.1) is 0 Å². The Hall–Kier alpha value is -0.430. The molecule has 0 bridgehead atoms. The predicted octanol–water partition coefficient (Wildman–Crippen LogP) is 4.14. The standard InChI is InChI=1S/C14H18S/c1-2-7-13-10-15-14-8-4-3-6-12(14)9-11(13)5-1/h3-4,6,8,11,13H,1-2,5,7,9-10H2/t11-,13+/m0/s1. The molecule has 0 unspecified atom stereocenters. The lowest BCUT2D eigenvalue weighted by Gasteiger charge is -2.29. The third-order valence-electron chi connectivity index (χ3n) is 3.97. The van der Waals surface area contributed by atoms with E-state index in [2.05, 4.69) is 36.0 Å². The van der Waals surface area contributed by atoms with Crippen LogP contribution in [0.15, 0.2) is 29.2 Å². The van der Waals surface area contributed by atoms with Crippen molar-refractivity contribution in [1.29, 1.82) is 0 Å². The molecule has 0 amide bonds. The molecule has 0 N–H and O–H groups in total. The van der Waals surface area contributed by atoms with E-state index in [1.54, 1.807) is 10.5 Å². The second-order valence-corrected chi connectivity index (χ2v) is 5.99. The van der Waals surface area contributed by atoms with Gasteiger partial charge in [-0.2, -0.15) is 0 Å². The van der Waals surface area contributed by atoms with Gasteiger partial charge in [0.2, 0.25) is 0 Å². The summed E-state index contributed by atoms with van der Waals surface area (Å²) in [6.45, 7) is 0. The maximum Gasteiger partial charge on any atom is 0.0104 e. The van der Waals surface area contributed by atoms with E-state index < -0.39 is 0 Å². The minimum Gasteiger partial charge on any atom is -0.126 e. The Morgan fingerprint density at radius 3 is 2.73 bits per heavy atom. The molecule has 2 atom stereocenters. The number of rotatable bonds is 0. The summed E-state index contributed by atoms with van der Waals surface area (Å²) in [5.41, 5.74) is 1.61. The first-order chi connectivity index (χ1) is 7.43. The fourth-order valence-electron chi connectivity index (χ4n) is 3.07. The lowest BCUT2D eigenvalue weighted by molar-refractivity contribution is 0.260. The minimum atomic E-state index is 0.981. The zero-order chi connectivity index (χ0) is 10.1. The van der Waals surface area contributed by atoms with Crippen molar-refractivity contribution in [1.82, 2.24) is 0 Å². The van der Waals surface area contributed by atoms with Gasteiger partial charge in [0.15, 0.2) is 0 Å². The van der Waals surface area contributed by atoms with Crippen LogP contribution in [0, 0.1) is 11.8 Å². The van der Waals surface area contributed by atoms with Gasteiger partial charge in [-0.3, -0.25) is 0 Å². The summed E-state index contributed by atoms with van der Waals surface area (Å²) < 4.78 is 0. The third kappa shape index (κ3) is 1.94. The van der Waals surface area contributed by atoms with Crippen LogP contribution in [0.2, 0.25) is 0 Å². The summed E-state index contributed by atoms with van der Waals surface area (Å²) in [4.78, 5) is 1.55. The van der Waals surface area contributed by atoms with Gasteiger partial charge in [-0.25, -0.2) is 0 Å². The maximum atomic E-state index is 2.33. The van der Waals surface area contributed by atoms with Gasteiger partial charge in [-0.15, -0.1) is 11.8 Å². The van der Waals surface area contributed by atoms with E-state index in [1.165, 1.54) is 37.9 Å². The van der Waals surface area contributed by atoms with Crippen LogP contribution in [0.5, 0.6) is 0 Å². The predicted molar refractivity (Wildman–Crippen MR) is 66.3 cm³/mol. The van der Waals surface area contributed by atoms with Crippen LogP contribution in [0.3, 0.4) is 0 Å². The number of thioether (sulfide) groups is 1. The van der Waals surface area contributed by atoms with Crippen molar-refractivity contribution < 1.29 is 0 Å². The molecule has 80 valence electrons. The number of fused-ring (bicyclic) bond motifs is 2. The van der Waals surface area contributed by atoms with E-state index in [1.807, 2.05) is 0 Å². The van der Waals surface area contributed by atoms with Gasteiger partial charge in [0.1, 0.15) is 0 Å². The summed E-state index contributed by atoms with van der Waals surface area (Å²) in [6.07, 6.45) is 7.23. The lowest BCUT2D eigenvalue weighted by atomic mass is 9.77. The Bertz CT molecular complexity index is 345. The molecular weight excluding hydrogens is 200 g/mol. The molecule has 1 aromatic rings. The topological polar surface area (TPSA) is 0 Å². The van der Waals surface area contributed by atoms with Crippen molar-refractivity contribution in [2.45, 2.75) is 37.0 Å². The Balaban J connectivity index is 1.88. The quantitative estimate of drug-likeness (QED) is 0.630. The first-order valence-electron chi connectivity index (χ1n) is 6.14. The number of hydrogen-bond donors (Lipinski definition) is 0. The van der Waals surface area contributed by atoms with Gasteiger partial charge >= 0.3 is 0 Å². The highest BCUT2D eigenvalue weighted by molar-refractivity contribution is 7.99. The van der Waals surface area contributed by atoms with Crippen LogP contribution < -0.4 is 0 Å². The summed E-state index contributed by atoms with van der Waals surface area (Å²) in [5.74, 6) is 3.34. The molecule has 3 rings (SSSR count). The molecule has 1 aliphatic carbocycles. The molecule has 2 aliphatic rings. The Labute approximate surface area is 96.5 Å². The average Bonchev–Trinajstić information content (AvgIpc) is 2.48. The van der Waals surface area contributed by atoms with E-state index in [9.17, 15) is 0 Å². The smallest absolute Gasteiger partial charge is 0.0104 e. The van der Waals surface area contributed by atoms with E-state index in [4.69, 9.17) is 0 Å². The molecule has 1 aromatic carbocycles. The molecule has 1 aliphatic heterocycles. The molecule has 0 saturated heterocycles. The highest BCUT2D eigenvalue weighted by Gasteiger charge is 2.28. The monoisotopic (exact) mass is 218 g/mol. The Morgan fingerprint density at radius 2 is 1.80 bits per heavy atom. The minimum absolute atomic E-state index is 0.981. The van der Waals surface area contributed by atoms with Crippen LogP contribution in [0.1, 0.15) is 31.2 Å². The average molecular weight is 218 g/mol. The van der Waals surface area contributed by atoms with E-state index >= 15 is 0 Å². The fourth-order valence-corrected chi connectivity index (χ4v) is 4.41. The molecule has 0 spiro atoms. The van der Waals surface area contributed by atoms with Crippen LogP contribution >= 0.6 is 11.8 Å². The lowest BCUT2D eigenvalue weighted by Crippen LogP contribution is -2.21. The normalized spacial score (nSPS) is 30.1. The van der Waals surface area contributed by atoms with Crippen molar-refractivity contribution >= 4 is 11.8 Å². The highest BCUT2D eigenvalue weighted by atomic mass is 32.2. The first-order valence-corrected chi connectivity index (χ1v) is 7.13. The molecule has 0 nitrogen and oxygen atoms in total. The van der Waals surface area contributed by atoms with E-state index in [0.29, 0.717) is 0 Å². The second kappa shape index (κ2) is 4.21. The van der Waals surface area contributed by atoms with Gasteiger partial charge in [0.25, 0.3) is 0 Å². The molecule has 15 heavy (non-hydrogen) atoms. The largest absolute Gasteiger partial charge is 0.126 e. The maximum absolute atomic E-state index is 2.33. The van der Waals surface area contributed by atoms with Crippen molar-refractivity contribution in [3.8, 4) is 0 Å². The fraction of sp³-hybridized carbons (Fsp3) is 0.571. The molecule has 1 saturated carbocycles. The summed E-state index contributed by atoms with van der Waals surface area (Å²) in [5, 5.41) is 0. The van der Waals surface area contributed by atoms with E-state index in [0.717, 1.165) is 11.8 Å². The van der Waals surface area contributed by atoms with Crippen molar-refractivity contribution in [2.75, 3.05) is 5.75 Å². The second-order valence-electron chi connectivity index (χ2n) is 4.93. The number of benzene rings is 1. The molecule has 0 aromatic heterocycles.